The molecule has 0 saturated carbocycles. The monoisotopic (exact) mass is 364 g/mol. The molecule has 0 spiro atoms. The Morgan fingerprint density at radius 3 is 2.78 bits per heavy atom. The third-order valence-corrected chi connectivity index (χ3v) is 4.79. The van der Waals surface area contributed by atoms with E-state index in [-0.39, 0.29) is 6.61 Å². The maximum atomic E-state index is 9.34. The molecule has 3 aromatic rings. The summed E-state index contributed by atoms with van der Waals surface area (Å²) in [6, 6.07) is 13.0. The van der Waals surface area contributed by atoms with E-state index in [1.54, 1.807) is 23.5 Å². The van der Waals surface area contributed by atoms with E-state index in [1.807, 2.05) is 35.7 Å². The van der Waals surface area contributed by atoms with Gasteiger partial charge in [-0.15, -0.1) is 11.3 Å². The summed E-state index contributed by atoms with van der Waals surface area (Å²) in [7, 11) is 0. The van der Waals surface area contributed by atoms with Crippen LogP contribution in [-0.4, -0.2) is 10.1 Å². The molecule has 2 aromatic carbocycles. The fourth-order valence-corrected chi connectivity index (χ4v) is 3.33. The van der Waals surface area contributed by atoms with E-state index in [1.165, 1.54) is 0 Å². The van der Waals surface area contributed by atoms with Crippen molar-refractivity contribution < 1.29 is 5.11 Å². The summed E-state index contributed by atoms with van der Waals surface area (Å²) in [5, 5.41) is 16.8. The summed E-state index contributed by atoms with van der Waals surface area (Å²) < 4.78 is 0. The topological polar surface area (TPSA) is 45.1 Å². The van der Waals surface area contributed by atoms with Crippen LogP contribution in [0, 0.1) is 0 Å². The van der Waals surface area contributed by atoms with E-state index >= 15 is 0 Å². The van der Waals surface area contributed by atoms with Crippen molar-refractivity contribution in [2.45, 2.75) is 13.2 Å². The molecule has 3 rings (SSSR count). The number of halogens is 2. The number of hydrogen-bond donors (Lipinski definition) is 2. The molecule has 0 saturated heterocycles. The van der Waals surface area contributed by atoms with Gasteiger partial charge >= 0.3 is 0 Å². The predicted octanol–water partition coefficient (Wildman–Crippen LogP) is 5.22. The lowest BCUT2D eigenvalue weighted by atomic mass is 10.2. The van der Waals surface area contributed by atoms with Crippen LogP contribution in [0.2, 0.25) is 10.0 Å². The lowest BCUT2D eigenvalue weighted by Crippen LogP contribution is -2.02. The first-order valence-electron chi connectivity index (χ1n) is 7.00. The third kappa shape index (κ3) is 3.85. The van der Waals surface area contributed by atoms with Gasteiger partial charge in [-0.1, -0.05) is 41.4 Å². The van der Waals surface area contributed by atoms with Crippen molar-refractivity contribution in [3.05, 3.63) is 68.5 Å². The second kappa shape index (κ2) is 7.32. The van der Waals surface area contributed by atoms with Crippen LogP contribution in [0.4, 0.5) is 5.69 Å². The Balaban J connectivity index is 1.76. The largest absolute Gasteiger partial charge is 0.392 e. The summed E-state index contributed by atoms with van der Waals surface area (Å²) >= 11 is 13.8. The number of nitrogens with zero attached hydrogens (tertiary/aromatic N) is 1. The Bertz CT molecular complexity index is 820. The van der Waals surface area contributed by atoms with Crippen LogP contribution in [0.3, 0.4) is 0 Å². The zero-order valence-corrected chi connectivity index (χ0v) is 14.4. The van der Waals surface area contributed by atoms with Gasteiger partial charge in [-0.2, -0.15) is 0 Å². The zero-order chi connectivity index (χ0) is 16.2. The molecule has 0 aliphatic rings. The second-order valence-corrected chi connectivity index (χ2v) is 6.71. The first-order valence-corrected chi connectivity index (χ1v) is 8.63. The van der Waals surface area contributed by atoms with Gasteiger partial charge in [0.15, 0.2) is 0 Å². The maximum Gasteiger partial charge on any atom is 0.112 e. The second-order valence-electron chi connectivity index (χ2n) is 4.92. The van der Waals surface area contributed by atoms with Gasteiger partial charge in [-0.25, -0.2) is 4.98 Å². The van der Waals surface area contributed by atoms with Gasteiger partial charge in [0.1, 0.15) is 5.01 Å². The van der Waals surface area contributed by atoms with Gasteiger partial charge in [0.2, 0.25) is 0 Å². The summed E-state index contributed by atoms with van der Waals surface area (Å²) in [6.07, 6.45) is 0. The minimum absolute atomic E-state index is 0.00438. The molecular weight excluding hydrogens is 351 g/mol. The maximum absolute atomic E-state index is 9.34. The molecule has 1 aromatic heterocycles. The smallest absolute Gasteiger partial charge is 0.112 e. The van der Waals surface area contributed by atoms with Crippen molar-refractivity contribution in [3.8, 4) is 11.3 Å². The van der Waals surface area contributed by atoms with E-state index in [4.69, 9.17) is 23.2 Å². The minimum atomic E-state index is 0.00438. The number of hydrogen-bond acceptors (Lipinski definition) is 4. The highest BCUT2D eigenvalue weighted by molar-refractivity contribution is 7.10. The molecule has 0 atom stereocenters. The van der Waals surface area contributed by atoms with Crippen LogP contribution in [-0.2, 0) is 13.2 Å². The van der Waals surface area contributed by atoms with Crippen molar-refractivity contribution in [3.63, 3.8) is 0 Å². The van der Waals surface area contributed by atoms with E-state index in [0.29, 0.717) is 16.6 Å². The van der Waals surface area contributed by atoms with Gasteiger partial charge < -0.3 is 10.4 Å². The number of nitrogens with one attached hydrogen (secondary N) is 1. The number of anilines is 1. The normalized spacial score (nSPS) is 10.7. The highest BCUT2D eigenvalue weighted by atomic mass is 35.5. The molecule has 0 aliphatic heterocycles. The van der Waals surface area contributed by atoms with Crippen LogP contribution in [0.5, 0.6) is 0 Å². The number of aliphatic hydroxyl groups excluding tert-OH is 1. The predicted molar refractivity (Wildman–Crippen MR) is 97.3 cm³/mol. The Hall–Kier alpha value is -1.59. The first kappa shape index (κ1) is 16.3. The van der Waals surface area contributed by atoms with Crippen LogP contribution in [0.15, 0.2) is 47.8 Å². The van der Waals surface area contributed by atoms with Crippen molar-refractivity contribution in [1.29, 1.82) is 0 Å². The highest BCUT2D eigenvalue weighted by Gasteiger charge is 2.09. The molecule has 2 N–H and O–H groups in total. The molecule has 3 nitrogen and oxygen atoms in total. The minimum Gasteiger partial charge on any atom is -0.392 e. The molecule has 118 valence electrons. The number of aromatic nitrogens is 1. The van der Waals surface area contributed by atoms with Gasteiger partial charge in [0, 0.05) is 27.2 Å². The molecule has 0 fully saturated rings. The molecular formula is C17H14Cl2N2OS. The average molecular weight is 365 g/mol. The first-order chi connectivity index (χ1) is 11.2. The Labute approximate surface area is 148 Å². The molecule has 0 unspecified atom stereocenters. The SMILES string of the molecule is OCc1ccccc1NCc1nc(-c2cc(Cl)ccc2Cl)cs1. The summed E-state index contributed by atoms with van der Waals surface area (Å²) in [5.41, 5.74) is 3.42. The fraction of sp³-hybridized carbons (Fsp3) is 0.118. The van der Waals surface area contributed by atoms with E-state index in [9.17, 15) is 5.11 Å². The number of aliphatic hydroxyl groups is 1. The van der Waals surface area contributed by atoms with Crippen molar-refractivity contribution in [2.75, 3.05) is 5.32 Å². The molecule has 0 bridgehead atoms. The third-order valence-electron chi connectivity index (χ3n) is 3.37. The molecule has 0 aliphatic carbocycles. The Morgan fingerprint density at radius 1 is 1.13 bits per heavy atom. The summed E-state index contributed by atoms with van der Waals surface area (Å²) in [6.45, 7) is 0.588. The number of thiazole rings is 1. The number of benzene rings is 2. The van der Waals surface area contributed by atoms with E-state index < -0.39 is 0 Å². The van der Waals surface area contributed by atoms with E-state index in [2.05, 4.69) is 10.3 Å². The molecule has 6 heteroatoms. The van der Waals surface area contributed by atoms with Gasteiger partial charge in [0.25, 0.3) is 0 Å². The number of rotatable bonds is 5. The fourth-order valence-electron chi connectivity index (χ4n) is 2.21. The lowest BCUT2D eigenvalue weighted by Gasteiger charge is -2.08. The quantitative estimate of drug-likeness (QED) is 0.652. The highest BCUT2D eigenvalue weighted by Crippen LogP contribution is 2.31. The Morgan fingerprint density at radius 2 is 1.96 bits per heavy atom. The van der Waals surface area contributed by atoms with Crippen LogP contribution in [0.25, 0.3) is 11.3 Å². The molecule has 0 amide bonds. The molecule has 23 heavy (non-hydrogen) atoms. The number of para-hydroxylation sites is 1. The van der Waals surface area contributed by atoms with Crippen LogP contribution >= 0.6 is 34.5 Å². The molecule has 1 heterocycles. The van der Waals surface area contributed by atoms with Gasteiger partial charge in [0.05, 0.1) is 23.9 Å². The van der Waals surface area contributed by atoms with Crippen molar-refractivity contribution >= 4 is 40.2 Å². The molecule has 0 radical (unpaired) electrons. The summed E-state index contributed by atoms with van der Waals surface area (Å²) in [4.78, 5) is 4.60. The summed E-state index contributed by atoms with van der Waals surface area (Å²) in [5.74, 6) is 0. The zero-order valence-electron chi connectivity index (χ0n) is 12.1. The Kier molecular flexibility index (Phi) is 5.18. The standard InChI is InChI=1S/C17H14Cl2N2OS/c18-12-5-6-14(19)13(7-12)16-10-23-17(21-16)8-20-15-4-2-1-3-11(15)9-22/h1-7,10,20,22H,8-9H2. The van der Waals surface area contributed by atoms with E-state index in [0.717, 1.165) is 27.5 Å². The average Bonchev–Trinajstić information content (AvgIpc) is 3.04. The van der Waals surface area contributed by atoms with Gasteiger partial charge in [-0.05, 0) is 24.3 Å². The van der Waals surface area contributed by atoms with Gasteiger partial charge in [-0.3, -0.25) is 0 Å². The van der Waals surface area contributed by atoms with Crippen LogP contribution < -0.4 is 5.32 Å². The lowest BCUT2D eigenvalue weighted by molar-refractivity contribution is 0.282. The van der Waals surface area contributed by atoms with Crippen LogP contribution in [0.1, 0.15) is 10.6 Å². The van der Waals surface area contributed by atoms with Crippen molar-refractivity contribution in [1.82, 2.24) is 4.98 Å². The van der Waals surface area contributed by atoms with Crippen molar-refractivity contribution in [2.24, 2.45) is 0 Å².